The maximum absolute atomic E-state index is 11.5. The van der Waals surface area contributed by atoms with Gasteiger partial charge in [-0.05, 0) is 13.8 Å². The van der Waals surface area contributed by atoms with Gasteiger partial charge < -0.3 is 16.2 Å². The predicted octanol–water partition coefficient (Wildman–Crippen LogP) is -0.589. The summed E-state index contributed by atoms with van der Waals surface area (Å²) in [6, 6.07) is -0.307. The summed E-state index contributed by atoms with van der Waals surface area (Å²) in [6.07, 6.45) is 0. The molecule has 0 aliphatic carbocycles. The minimum Gasteiger partial charge on any atom is -0.395 e. The highest BCUT2D eigenvalue weighted by Gasteiger charge is 2.16. The first-order chi connectivity index (χ1) is 6.56. The number of rotatable bonds is 3. The number of aromatic nitrogens is 2. The molecule has 1 unspecified atom stereocenters. The Labute approximate surface area is 81.5 Å². The largest absolute Gasteiger partial charge is 0.395 e. The average Bonchev–Trinajstić information content (AvgIpc) is 2.47. The summed E-state index contributed by atoms with van der Waals surface area (Å²) >= 11 is 0. The van der Waals surface area contributed by atoms with Crippen LogP contribution in [0.4, 0.5) is 5.69 Å². The van der Waals surface area contributed by atoms with Crippen molar-refractivity contribution in [3.05, 3.63) is 11.4 Å². The molecule has 1 amide bonds. The molecule has 1 aromatic heterocycles. The zero-order chi connectivity index (χ0) is 10.7. The van der Waals surface area contributed by atoms with E-state index in [4.69, 9.17) is 10.8 Å². The number of nitrogens with one attached hydrogen (secondary N) is 2. The Hall–Kier alpha value is -1.56. The monoisotopic (exact) mass is 198 g/mol. The van der Waals surface area contributed by atoms with Crippen molar-refractivity contribution in [2.45, 2.75) is 19.9 Å². The lowest BCUT2D eigenvalue weighted by Gasteiger charge is -2.09. The second-order valence-electron chi connectivity index (χ2n) is 3.17. The maximum atomic E-state index is 11.5. The number of hydrogen-bond donors (Lipinski definition) is 4. The van der Waals surface area contributed by atoms with Crippen LogP contribution in [0, 0.1) is 6.92 Å². The van der Waals surface area contributed by atoms with E-state index in [9.17, 15) is 4.79 Å². The molecule has 1 heterocycles. The van der Waals surface area contributed by atoms with Gasteiger partial charge in [0.15, 0.2) is 5.69 Å². The number of nitrogen functional groups attached to an aromatic ring is 1. The second kappa shape index (κ2) is 4.10. The number of aryl methyl sites for hydroxylation is 1. The first-order valence-electron chi connectivity index (χ1n) is 4.28. The Morgan fingerprint density at radius 3 is 2.86 bits per heavy atom. The molecule has 0 aliphatic heterocycles. The van der Waals surface area contributed by atoms with E-state index in [2.05, 4.69) is 15.5 Å². The minimum atomic E-state index is -0.381. The van der Waals surface area contributed by atoms with E-state index >= 15 is 0 Å². The van der Waals surface area contributed by atoms with E-state index in [-0.39, 0.29) is 24.2 Å². The molecule has 0 fully saturated rings. The standard InChI is InChI=1S/C8H14N4O2/c1-4(3-13)10-8(14)7-6(9)5(2)11-12-7/h4,13H,3,9H2,1-2H3,(H,10,14)(H,11,12). The van der Waals surface area contributed by atoms with Gasteiger partial charge in [-0.25, -0.2) is 0 Å². The molecule has 14 heavy (non-hydrogen) atoms. The highest BCUT2D eigenvalue weighted by Crippen LogP contribution is 2.11. The van der Waals surface area contributed by atoms with E-state index in [1.807, 2.05) is 0 Å². The van der Waals surface area contributed by atoms with Gasteiger partial charge in [-0.1, -0.05) is 0 Å². The van der Waals surface area contributed by atoms with Crippen molar-refractivity contribution in [2.75, 3.05) is 12.3 Å². The van der Waals surface area contributed by atoms with E-state index < -0.39 is 0 Å². The fraction of sp³-hybridized carbons (Fsp3) is 0.500. The molecule has 6 heteroatoms. The number of aliphatic hydroxyl groups excluding tert-OH is 1. The Balaban J connectivity index is 2.75. The normalized spacial score (nSPS) is 12.5. The predicted molar refractivity (Wildman–Crippen MR) is 51.8 cm³/mol. The number of hydrogen-bond acceptors (Lipinski definition) is 4. The molecule has 0 aliphatic rings. The smallest absolute Gasteiger partial charge is 0.274 e. The number of H-pyrrole nitrogens is 1. The van der Waals surface area contributed by atoms with E-state index in [0.29, 0.717) is 11.4 Å². The maximum Gasteiger partial charge on any atom is 0.274 e. The van der Waals surface area contributed by atoms with Gasteiger partial charge in [-0.3, -0.25) is 9.89 Å². The molecule has 0 aromatic carbocycles. The van der Waals surface area contributed by atoms with Crippen LogP contribution in [-0.4, -0.2) is 33.9 Å². The highest BCUT2D eigenvalue weighted by atomic mass is 16.3. The van der Waals surface area contributed by atoms with Crippen molar-refractivity contribution in [2.24, 2.45) is 0 Å². The van der Waals surface area contributed by atoms with Crippen LogP contribution in [-0.2, 0) is 0 Å². The third-order valence-electron chi connectivity index (χ3n) is 1.86. The van der Waals surface area contributed by atoms with Crippen molar-refractivity contribution in [1.29, 1.82) is 0 Å². The van der Waals surface area contributed by atoms with Crippen molar-refractivity contribution < 1.29 is 9.90 Å². The molecule has 0 saturated carbocycles. The summed E-state index contributed by atoms with van der Waals surface area (Å²) in [4.78, 5) is 11.5. The van der Waals surface area contributed by atoms with Crippen molar-refractivity contribution in [1.82, 2.24) is 15.5 Å². The first kappa shape index (κ1) is 10.5. The Kier molecular flexibility index (Phi) is 3.08. The number of carbonyl (C=O) groups is 1. The average molecular weight is 198 g/mol. The van der Waals surface area contributed by atoms with E-state index in [1.54, 1.807) is 13.8 Å². The molecule has 6 nitrogen and oxygen atoms in total. The van der Waals surface area contributed by atoms with Crippen LogP contribution in [0.15, 0.2) is 0 Å². The lowest BCUT2D eigenvalue weighted by Crippen LogP contribution is -2.35. The molecule has 78 valence electrons. The quantitative estimate of drug-likeness (QED) is 0.521. The van der Waals surface area contributed by atoms with Gasteiger partial charge in [0, 0.05) is 6.04 Å². The van der Waals surface area contributed by atoms with Gasteiger partial charge in [0.1, 0.15) is 0 Å². The fourth-order valence-corrected chi connectivity index (χ4v) is 0.949. The number of nitrogens with zero attached hydrogens (tertiary/aromatic N) is 1. The SMILES string of the molecule is Cc1[nH]nc(C(=O)NC(C)CO)c1N. The summed E-state index contributed by atoms with van der Waals surface area (Å²) in [5.41, 5.74) is 6.77. The number of carbonyl (C=O) groups excluding carboxylic acids is 1. The van der Waals surface area contributed by atoms with Crippen molar-refractivity contribution in [3.63, 3.8) is 0 Å². The zero-order valence-corrected chi connectivity index (χ0v) is 8.16. The molecular weight excluding hydrogens is 184 g/mol. The second-order valence-corrected chi connectivity index (χ2v) is 3.17. The molecule has 1 atom stereocenters. The van der Waals surface area contributed by atoms with Crippen LogP contribution in [0.25, 0.3) is 0 Å². The fourth-order valence-electron chi connectivity index (χ4n) is 0.949. The van der Waals surface area contributed by atoms with Crippen LogP contribution in [0.3, 0.4) is 0 Å². The summed E-state index contributed by atoms with van der Waals surface area (Å²) in [7, 11) is 0. The topological polar surface area (TPSA) is 104 Å². The van der Waals surface area contributed by atoms with Gasteiger partial charge in [0.25, 0.3) is 5.91 Å². The van der Waals surface area contributed by atoms with Gasteiger partial charge in [-0.2, -0.15) is 5.10 Å². The lowest BCUT2D eigenvalue weighted by atomic mass is 10.2. The van der Waals surface area contributed by atoms with Crippen LogP contribution < -0.4 is 11.1 Å². The van der Waals surface area contributed by atoms with Gasteiger partial charge in [-0.15, -0.1) is 0 Å². The molecule has 1 aromatic rings. The number of anilines is 1. The number of aliphatic hydroxyl groups is 1. The minimum absolute atomic E-state index is 0.116. The van der Waals surface area contributed by atoms with E-state index in [0.717, 1.165) is 0 Å². The Morgan fingerprint density at radius 1 is 1.79 bits per heavy atom. The third kappa shape index (κ3) is 2.02. The van der Waals surface area contributed by atoms with Crippen LogP contribution in [0.2, 0.25) is 0 Å². The lowest BCUT2D eigenvalue weighted by molar-refractivity contribution is 0.0918. The zero-order valence-electron chi connectivity index (χ0n) is 8.16. The number of aromatic amines is 1. The first-order valence-corrected chi connectivity index (χ1v) is 4.28. The highest BCUT2D eigenvalue weighted by molar-refractivity contribution is 5.97. The Morgan fingerprint density at radius 2 is 2.43 bits per heavy atom. The van der Waals surface area contributed by atoms with Gasteiger partial charge >= 0.3 is 0 Å². The summed E-state index contributed by atoms with van der Waals surface area (Å²) in [6.45, 7) is 3.30. The number of amides is 1. The van der Waals surface area contributed by atoms with Gasteiger partial charge in [0.2, 0.25) is 0 Å². The summed E-state index contributed by atoms with van der Waals surface area (Å²) in [5, 5.41) is 17.6. The van der Waals surface area contributed by atoms with Crippen LogP contribution in [0.1, 0.15) is 23.1 Å². The summed E-state index contributed by atoms with van der Waals surface area (Å²) in [5.74, 6) is -0.381. The van der Waals surface area contributed by atoms with Gasteiger partial charge in [0.05, 0.1) is 18.0 Å². The number of nitrogens with two attached hydrogens (primary N) is 1. The Bertz CT molecular complexity index is 334. The molecule has 0 saturated heterocycles. The molecule has 0 spiro atoms. The van der Waals surface area contributed by atoms with Crippen molar-refractivity contribution >= 4 is 11.6 Å². The molecule has 1 rings (SSSR count). The van der Waals surface area contributed by atoms with E-state index in [1.165, 1.54) is 0 Å². The van der Waals surface area contributed by atoms with Crippen molar-refractivity contribution in [3.8, 4) is 0 Å². The molecule has 0 bridgehead atoms. The summed E-state index contributed by atoms with van der Waals surface area (Å²) < 4.78 is 0. The molecule has 5 N–H and O–H groups in total. The van der Waals surface area contributed by atoms with Crippen LogP contribution in [0.5, 0.6) is 0 Å². The third-order valence-corrected chi connectivity index (χ3v) is 1.86. The van der Waals surface area contributed by atoms with Crippen LogP contribution >= 0.6 is 0 Å². The molecule has 0 radical (unpaired) electrons. The molecular formula is C8H14N4O2.